The van der Waals surface area contributed by atoms with Crippen molar-refractivity contribution in [1.29, 1.82) is 0 Å². The molecule has 0 bridgehead atoms. The molecule has 1 fully saturated rings. The van der Waals surface area contributed by atoms with Crippen LogP contribution in [0.25, 0.3) is 0 Å². The molecule has 1 N–H and O–H groups in total. The largest absolute Gasteiger partial charge is 0.298 e. The van der Waals surface area contributed by atoms with E-state index in [9.17, 15) is 13.6 Å². The number of carbonyl (C=O) groups excluding carboxylic acids is 1. The van der Waals surface area contributed by atoms with Gasteiger partial charge in [-0.1, -0.05) is 13.8 Å². The number of halogens is 2. The Labute approximate surface area is 149 Å². The van der Waals surface area contributed by atoms with Gasteiger partial charge in [-0.25, -0.2) is 13.8 Å². The molecule has 0 radical (unpaired) electrons. The number of piperidine rings is 1. The second-order valence-corrected chi connectivity index (χ2v) is 7.75. The zero-order valence-corrected chi connectivity index (χ0v) is 15.1. The van der Waals surface area contributed by atoms with Crippen molar-refractivity contribution >= 4 is 22.4 Å². The molecular formula is C18H21F2N3OS. The molecule has 2 atom stereocenters. The second-order valence-electron chi connectivity index (χ2n) is 6.90. The fourth-order valence-corrected chi connectivity index (χ4v) is 4.14. The number of amides is 1. The number of anilines is 1. The maximum Gasteiger partial charge on any atom is 0.257 e. The minimum atomic E-state index is -0.779. The standard InChI is InChI=1S/C18H21F2N3OS/c1-11-3-12(2)8-23(7-11)9-16-10-25-18(21-16)22-17(24)13-4-14(19)6-15(20)5-13/h4-6,10-12H,3,7-9H2,1-2H3,(H,21,22,24)/t11-,12-/m0/s1. The van der Waals surface area contributed by atoms with Crippen molar-refractivity contribution in [3.05, 3.63) is 46.5 Å². The summed E-state index contributed by atoms with van der Waals surface area (Å²) in [6.45, 7) is 7.36. The summed E-state index contributed by atoms with van der Waals surface area (Å²) < 4.78 is 26.4. The molecule has 0 aliphatic carbocycles. The highest BCUT2D eigenvalue weighted by Gasteiger charge is 2.22. The van der Waals surface area contributed by atoms with Crippen LogP contribution >= 0.6 is 11.3 Å². The van der Waals surface area contributed by atoms with Crippen molar-refractivity contribution in [2.24, 2.45) is 11.8 Å². The highest BCUT2D eigenvalue weighted by Crippen LogP contribution is 2.24. The Hall–Kier alpha value is -1.86. The Bertz CT molecular complexity index is 734. The topological polar surface area (TPSA) is 45.2 Å². The zero-order chi connectivity index (χ0) is 18.0. The minimum Gasteiger partial charge on any atom is -0.298 e. The van der Waals surface area contributed by atoms with Crippen LogP contribution in [0.4, 0.5) is 13.9 Å². The van der Waals surface area contributed by atoms with E-state index in [1.165, 1.54) is 17.8 Å². The summed E-state index contributed by atoms with van der Waals surface area (Å²) in [5.41, 5.74) is 0.833. The first-order valence-electron chi connectivity index (χ1n) is 8.33. The molecule has 2 aromatic rings. The molecule has 25 heavy (non-hydrogen) atoms. The molecule has 1 aliphatic heterocycles. The van der Waals surface area contributed by atoms with E-state index in [-0.39, 0.29) is 5.56 Å². The van der Waals surface area contributed by atoms with E-state index in [0.717, 1.165) is 43.5 Å². The number of benzene rings is 1. The van der Waals surface area contributed by atoms with Crippen LogP contribution in [-0.2, 0) is 6.54 Å². The van der Waals surface area contributed by atoms with E-state index in [0.29, 0.717) is 17.0 Å². The second kappa shape index (κ2) is 7.58. The third-order valence-electron chi connectivity index (χ3n) is 4.23. The number of likely N-dealkylation sites (tertiary alicyclic amines) is 1. The molecule has 0 unspecified atom stereocenters. The van der Waals surface area contributed by atoms with Gasteiger partial charge in [0.1, 0.15) is 11.6 Å². The summed E-state index contributed by atoms with van der Waals surface area (Å²) >= 11 is 1.31. The lowest BCUT2D eigenvalue weighted by Gasteiger charge is -2.34. The van der Waals surface area contributed by atoms with Crippen LogP contribution in [-0.4, -0.2) is 28.9 Å². The summed E-state index contributed by atoms with van der Waals surface area (Å²) in [7, 11) is 0. The number of rotatable bonds is 4. The fourth-order valence-electron chi connectivity index (χ4n) is 3.44. The summed E-state index contributed by atoms with van der Waals surface area (Å²) in [6, 6.07) is 2.74. The highest BCUT2D eigenvalue weighted by molar-refractivity contribution is 7.13. The van der Waals surface area contributed by atoms with E-state index in [2.05, 4.69) is 29.0 Å². The molecule has 134 valence electrons. The predicted molar refractivity (Wildman–Crippen MR) is 94.6 cm³/mol. The Morgan fingerprint density at radius 2 is 1.88 bits per heavy atom. The summed E-state index contributed by atoms with van der Waals surface area (Å²) in [4.78, 5) is 18.9. The summed E-state index contributed by atoms with van der Waals surface area (Å²) in [5.74, 6) is -0.787. The predicted octanol–water partition coefficient (Wildman–Crippen LogP) is 4.15. The Morgan fingerprint density at radius 1 is 1.24 bits per heavy atom. The van der Waals surface area contributed by atoms with E-state index in [1.54, 1.807) is 0 Å². The van der Waals surface area contributed by atoms with Gasteiger partial charge in [0.2, 0.25) is 0 Å². The van der Waals surface area contributed by atoms with E-state index in [1.807, 2.05) is 5.38 Å². The van der Waals surface area contributed by atoms with Crippen molar-refractivity contribution in [2.75, 3.05) is 18.4 Å². The van der Waals surface area contributed by atoms with Gasteiger partial charge in [0.05, 0.1) is 5.69 Å². The van der Waals surface area contributed by atoms with Crippen molar-refractivity contribution in [1.82, 2.24) is 9.88 Å². The summed E-state index contributed by atoms with van der Waals surface area (Å²) in [6.07, 6.45) is 1.25. The average Bonchev–Trinajstić information content (AvgIpc) is 2.92. The molecule has 4 nitrogen and oxygen atoms in total. The molecule has 2 heterocycles. The molecule has 1 aromatic carbocycles. The number of thiazole rings is 1. The number of hydrogen-bond acceptors (Lipinski definition) is 4. The molecule has 3 rings (SSSR count). The first kappa shape index (κ1) is 17.9. The van der Waals surface area contributed by atoms with Gasteiger partial charge in [-0.3, -0.25) is 15.0 Å². The quantitative estimate of drug-likeness (QED) is 0.885. The van der Waals surface area contributed by atoms with Crippen LogP contribution in [0.3, 0.4) is 0 Å². The third-order valence-corrected chi connectivity index (χ3v) is 5.03. The molecule has 0 spiro atoms. The molecule has 1 amide bonds. The lowest BCUT2D eigenvalue weighted by Crippen LogP contribution is -2.38. The van der Waals surface area contributed by atoms with Crippen LogP contribution in [0.2, 0.25) is 0 Å². The van der Waals surface area contributed by atoms with E-state index < -0.39 is 17.5 Å². The highest BCUT2D eigenvalue weighted by atomic mass is 32.1. The number of nitrogens with one attached hydrogen (secondary N) is 1. The van der Waals surface area contributed by atoms with E-state index >= 15 is 0 Å². The maximum absolute atomic E-state index is 13.2. The van der Waals surface area contributed by atoms with Gasteiger partial charge in [-0.15, -0.1) is 11.3 Å². The normalized spacial score (nSPS) is 21.3. The van der Waals surface area contributed by atoms with Crippen LogP contribution in [0.1, 0.15) is 36.3 Å². The SMILES string of the molecule is C[C@H]1C[C@H](C)CN(Cc2csc(NC(=O)c3cc(F)cc(F)c3)n2)C1. The van der Waals surface area contributed by atoms with Gasteiger partial charge in [-0.2, -0.15) is 0 Å². The average molecular weight is 365 g/mol. The Morgan fingerprint density at radius 3 is 2.52 bits per heavy atom. The Kier molecular flexibility index (Phi) is 5.44. The maximum atomic E-state index is 13.2. The zero-order valence-electron chi connectivity index (χ0n) is 14.3. The monoisotopic (exact) mass is 365 g/mol. The third kappa shape index (κ3) is 4.83. The van der Waals surface area contributed by atoms with E-state index in [4.69, 9.17) is 0 Å². The lowest BCUT2D eigenvalue weighted by molar-refractivity contribution is 0.102. The number of hydrogen-bond donors (Lipinski definition) is 1. The van der Waals surface area contributed by atoms with Crippen LogP contribution in [0.15, 0.2) is 23.6 Å². The van der Waals surface area contributed by atoms with Gasteiger partial charge >= 0.3 is 0 Å². The smallest absolute Gasteiger partial charge is 0.257 e. The van der Waals surface area contributed by atoms with Gasteiger partial charge in [-0.05, 0) is 30.4 Å². The molecule has 0 saturated carbocycles. The number of carbonyl (C=O) groups is 1. The van der Waals surface area contributed by atoms with Gasteiger partial charge in [0, 0.05) is 36.6 Å². The van der Waals surface area contributed by atoms with Gasteiger partial charge < -0.3 is 0 Å². The first-order valence-corrected chi connectivity index (χ1v) is 9.21. The molecule has 7 heteroatoms. The van der Waals surface area contributed by atoms with Crippen molar-refractivity contribution < 1.29 is 13.6 Å². The van der Waals surface area contributed by atoms with Crippen LogP contribution < -0.4 is 5.32 Å². The Balaban J connectivity index is 1.62. The summed E-state index contributed by atoms with van der Waals surface area (Å²) in [5, 5.41) is 4.95. The van der Waals surface area contributed by atoms with Crippen molar-refractivity contribution in [3.8, 4) is 0 Å². The number of aromatic nitrogens is 1. The van der Waals surface area contributed by atoms with Gasteiger partial charge in [0.25, 0.3) is 5.91 Å². The van der Waals surface area contributed by atoms with Gasteiger partial charge in [0.15, 0.2) is 5.13 Å². The minimum absolute atomic E-state index is 0.0621. The first-order chi connectivity index (χ1) is 11.9. The van der Waals surface area contributed by atoms with Crippen LogP contribution in [0, 0.1) is 23.5 Å². The molecule has 1 saturated heterocycles. The lowest BCUT2D eigenvalue weighted by atomic mass is 9.92. The fraction of sp³-hybridized carbons (Fsp3) is 0.444. The van der Waals surface area contributed by atoms with Crippen molar-refractivity contribution in [2.45, 2.75) is 26.8 Å². The van der Waals surface area contributed by atoms with Crippen LogP contribution in [0.5, 0.6) is 0 Å². The molecular weight excluding hydrogens is 344 g/mol. The molecule has 1 aliphatic rings. The number of nitrogens with zero attached hydrogens (tertiary/aromatic N) is 2. The van der Waals surface area contributed by atoms with Crippen molar-refractivity contribution in [3.63, 3.8) is 0 Å². The molecule has 1 aromatic heterocycles.